The molecule has 0 bridgehead atoms. The minimum atomic E-state index is -1.62. The summed E-state index contributed by atoms with van der Waals surface area (Å²) in [4.78, 5) is 17.2. The summed E-state index contributed by atoms with van der Waals surface area (Å²) in [6.07, 6.45) is 2.90. The molecule has 11 heteroatoms. The van der Waals surface area contributed by atoms with Gasteiger partial charge in [0.1, 0.15) is 17.7 Å². The van der Waals surface area contributed by atoms with Crippen molar-refractivity contribution in [2.24, 2.45) is 16.6 Å². The molecule has 0 spiro atoms. The van der Waals surface area contributed by atoms with E-state index in [1.165, 1.54) is 30.2 Å². The molecule has 3 N–H and O–H groups in total. The molecule has 33 heavy (non-hydrogen) atoms. The van der Waals surface area contributed by atoms with Gasteiger partial charge in [0, 0.05) is 29.3 Å². The molecule has 2 aromatic heterocycles. The highest BCUT2D eigenvalue weighted by molar-refractivity contribution is 8.13. The van der Waals surface area contributed by atoms with E-state index in [9.17, 15) is 13.2 Å². The second-order valence-corrected chi connectivity index (χ2v) is 9.11. The van der Waals surface area contributed by atoms with Crippen molar-refractivity contribution in [3.8, 4) is 5.88 Å². The quantitative estimate of drug-likeness (QED) is 0.532. The zero-order valence-corrected chi connectivity index (χ0v) is 19.1. The Morgan fingerprint density at radius 1 is 1.30 bits per heavy atom. The van der Waals surface area contributed by atoms with E-state index in [1.807, 2.05) is 13.8 Å². The zero-order chi connectivity index (χ0) is 23.8. The number of pyridine rings is 1. The van der Waals surface area contributed by atoms with Crippen LogP contribution < -0.4 is 15.8 Å². The lowest BCUT2D eigenvalue weighted by molar-refractivity contribution is 0.232. The van der Waals surface area contributed by atoms with Gasteiger partial charge in [-0.25, -0.2) is 33.1 Å². The van der Waals surface area contributed by atoms with Crippen molar-refractivity contribution in [1.29, 1.82) is 0 Å². The van der Waals surface area contributed by atoms with E-state index >= 15 is 0 Å². The number of aromatic nitrogens is 3. The minimum Gasteiger partial charge on any atom is -0.474 e. The Morgan fingerprint density at radius 3 is 2.82 bits per heavy atom. The van der Waals surface area contributed by atoms with Gasteiger partial charge in [0.25, 0.3) is 0 Å². The first-order chi connectivity index (χ1) is 15.7. The number of anilines is 2. The van der Waals surface area contributed by atoms with Gasteiger partial charge < -0.3 is 15.8 Å². The summed E-state index contributed by atoms with van der Waals surface area (Å²) < 4.78 is 49.4. The molecule has 174 valence electrons. The largest absolute Gasteiger partial charge is 0.474 e. The fourth-order valence-electron chi connectivity index (χ4n) is 3.68. The predicted molar refractivity (Wildman–Crippen MR) is 124 cm³/mol. The second-order valence-electron chi connectivity index (χ2n) is 8.07. The first-order valence-electron chi connectivity index (χ1n) is 10.3. The summed E-state index contributed by atoms with van der Waals surface area (Å²) in [5.74, 6) is -1.65. The van der Waals surface area contributed by atoms with E-state index in [4.69, 9.17) is 10.5 Å². The number of rotatable bonds is 6. The molecule has 0 fully saturated rings. The predicted octanol–water partition coefficient (Wildman–Crippen LogP) is 4.70. The SMILES string of the molecule is CC(C)Oc1cnc2c(Nc3cc(F)c(F)c([C@@]4(CF)N=C(N)SCC4C)c3)nccc2n1. The summed E-state index contributed by atoms with van der Waals surface area (Å²) in [6, 6.07) is 3.98. The third kappa shape index (κ3) is 4.41. The van der Waals surface area contributed by atoms with Crippen molar-refractivity contribution in [2.75, 3.05) is 17.7 Å². The number of hydrogen-bond acceptors (Lipinski definition) is 8. The Hall–Kier alpha value is -3.08. The molecule has 0 saturated carbocycles. The molecule has 0 saturated heterocycles. The molecule has 0 aliphatic carbocycles. The third-order valence-electron chi connectivity index (χ3n) is 5.36. The number of thioether (sulfide) groups is 1. The number of fused-ring (bicyclic) bond motifs is 1. The normalized spacial score (nSPS) is 20.7. The third-order valence-corrected chi connectivity index (χ3v) is 6.42. The number of nitrogens with one attached hydrogen (secondary N) is 1. The van der Waals surface area contributed by atoms with Gasteiger partial charge >= 0.3 is 0 Å². The van der Waals surface area contributed by atoms with E-state index in [1.54, 1.807) is 13.0 Å². The van der Waals surface area contributed by atoms with E-state index in [0.29, 0.717) is 22.7 Å². The van der Waals surface area contributed by atoms with E-state index in [0.717, 1.165) is 6.07 Å². The van der Waals surface area contributed by atoms with E-state index < -0.39 is 29.8 Å². The minimum absolute atomic E-state index is 0.0723. The summed E-state index contributed by atoms with van der Waals surface area (Å²) in [7, 11) is 0. The Bertz CT molecular complexity index is 1220. The number of nitrogens with two attached hydrogens (primary N) is 1. The molecule has 0 radical (unpaired) electrons. The average molecular weight is 477 g/mol. The van der Waals surface area contributed by atoms with Crippen LogP contribution in [0.25, 0.3) is 11.0 Å². The molecular formula is C22H23F3N6OS. The van der Waals surface area contributed by atoms with Gasteiger partial charge in [-0.1, -0.05) is 18.7 Å². The highest BCUT2D eigenvalue weighted by Crippen LogP contribution is 2.43. The molecule has 0 amide bonds. The molecule has 1 unspecified atom stereocenters. The number of amidine groups is 1. The van der Waals surface area contributed by atoms with Gasteiger partial charge in [-0.2, -0.15) is 0 Å². The van der Waals surface area contributed by atoms with Crippen molar-refractivity contribution in [2.45, 2.75) is 32.4 Å². The fraction of sp³-hybridized carbons (Fsp3) is 0.364. The standard InChI is InChI=1S/C22H23F3N6OS/c1-11(2)32-17-8-28-19-16(30-17)4-5-27-20(19)29-13-6-14(18(25)15(24)7-13)22(10-23)12(3)9-33-21(26)31-22/h4-8,11-12H,9-10H2,1-3H3,(H2,26,31)(H,27,29)/t12?,22-/m0/s1. The maximum atomic E-state index is 14.9. The summed E-state index contributed by atoms with van der Waals surface area (Å²) in [6.45, 7) is 4.46. The molecule has 3 heterocycles. The Labute approximate surface area is 193 Å². The fourth-order valence-corrected chi connectivity index (χ4v) is 4.60. The first kappa shape index (κ1) is 23.1. The number of benzene rings is 1. The van der Waals surface area contributed by atoms with Crippen molar-refractivity contribution in [1.82, 2.24) is 15.0 Å². The maximum Gasteiger partial charge on any atom is 0.233 e. The highest BCUT2D eigenvalue weighted by atomic mass is 32.2. The van der Waals surface area contributed by atoms with Gasteiger partial charge in [0.2, 0.25) is 5.88 Å². The lowest BCUT2D eigenvalue weighted by Gasteiger charge is -2.37. The monoisotopic (exact) mass is 476 g/mol. The number of alkyl halides is 1. The van der Waals surface area contributed by atoms with Gasteiger partial charge in [0.15, 0.2) is 22.6 Å². The first-order valence-corrected chi connectivity index (χ1v) is 11.3. The lowest BCUT2D eigenvalue weighted by Crippen LogP contribution is -2.41. The molecule has 3 aromatic rings. The zero-order valence-electron chi connectivity index (χ0n) is 18.3. The van der Waals surface area contributed by atoms with Crippen LogP contribution in [-0.2, 0) is 5.54 Å². The molecule has 1 aliphatic heterocycles. The van der Waals surface area contributed by atoms with Crippen LogP contribution in [0.2, 0.25) is 0 Å². The Morgan fingerprint density at radius 2 is 2.09 bits per heavy atom. The van der Waals surface area contributed by atoms with Gasteiger partial charge in [-0.3, -0.25) is 0 Å². The van der Waals surface area contributed by atoms with Crippen molar-refractivity contribution in [3.05, 3.63) is 47.8 Å². The highest BCUT2D eigenvalue weighted by Gasteiger charge is 2.44. The van der Waals surface area contributed by atoms with Crippen LogP contribution in [0.15, 0.2) is 35.6 Å². The molecule has 1 aromatic carbocycles. The van der Waals surface area contributed by atoms with Crippen LogP contribution in [0.5, 0.6) is 5.88 Å². The van der Waals surface area contributed by atoms with Gasteiger partial charge in [-0.05, 0) is 31.9 Å². The van der Waals surface area contributed by atoms with Crippen LogP contribution >= 0.6 is 11.8 Å². The van der Waals surface area contributed by atoms with Crippen LogP contribution in [0.3, 0.4) is 0 Å². The molecular weight excluding hydrogens is 453 g/mol. The molecule has 2 atom stereocenters. The van der Waals surface area contributed by atoms with Crippen molar-refractivity contribution < 1.29 is 17.9 Å². The molecule has 7 nitrogen and oxygen atoms in total. The number of halogens is 3. The van der Waals surface area contributed by atoms with E-state index in [2.05, 4.69) is 25.3 Å². The second kappa shape index (κ2) is 9.05. The number of nitrogens with zero attached hydrogens (tertiary/aromatic N) is 4. The summed E-state index contributed by atoms with van der Waals surface area (Å²) in [5, 5.41) is 3.09. The van der Waals surface area contributed by atoms with E-state index in [-0.39, 0.29) is 28.3 Å². The van der Waals surface area contributed by atoms with Gasteiger partial charge in [0.05, 0.1) is 17.8 Å². The Kier molecular flexibility index (Phi) is 6.33. The summed E-state index contributed by atoms with van der Waals surface area (Å²) in [5.41, 5.74) is 5.07. The Balaban J connectivity index is 1.77. The lowest BCUT2D eigenvalue weighted by atomic mass is 9.80. The maximum absolute atomic E-state index is 14.9. The van der Waals surface area contributed by atoms with Crippen LogP contribution in [0.4, 0.5) is 24.7 Å². The van der Waals surface area contributed by atoms with Crippen LogP contribution in [0, 0.1) is 17.6 Å². The number of hydrogen-bond donors (Lipinski definition) is 2. The average Bonchev–Trinajstić information content (AvgIpc) is 2.77. The summed E-state index contributed by atoms with van der Waals surface area (Å²) >= 11 is 1.26. The van der Waals surface area contributed by atoms with Crippen molar-refractivity contribution >= 4 is 39.5 Å². The molecule has 4 rings (SSSR count). The molecule has 1 aliphatic rings. The van der Waals surface area contributed by atoms with Crippen molar-refractivity contribution in [3.63, 3.8) is 0 Å². The smallest absolute Gasteiger partial charge is 0.233 e. The van der Waals surface area contributed by atoms with Crippen LogP contribution in [-0.4, -0.2) is 38.7 Å². The number of aliphatic imine (C=N–C) groups is 1. The van der Waals surface area contributed by atoms with Gasteiger partial charge in [-0.15, -0.1) is 0 Å². The topological polar surface area (TPSA) is 98.3 Å². The number of ether oxygens (including phenoxy) is 1. The van der Waals surface area contributed by atoms with Crippen LogP contribution in [0.1, 0.15) is 26.3 Å².